The maximum absolute atomic E-state index is 4.38. The van der Waals surface area contributed by atoms with Gasteiger partial charge < -0.3 is 0 Å². The Balaban J connectivity index is 1.38. The third-order valence-corrected chi connectivity index (χ3v) is 6.13. The Morgan fingerprint density at radius 1 is 1.41 bits per heavy atom. The van der Waals surface area contributed by atoms with E-state index in [-0.39, 0.29) is 0 Å². The smallest absolute Gasteiger partial charge is 0.0565 e. The number of likely N-dealkylation sites (N-methyl/N-ethyl adjacent to an activating group) is 1. The predicted octanol–water partition coefficient (Wildman–Crippen LogP) is 2.54. The van der Waals surface area contributed by atoms with Crippen LogP contribution in [-0.4, -0.2) is 51.8 Å². The van der Waals surface area contributed by atoms with Crippen LogP contribution in [0, 0.1) is 5.92 Å². The van der Waals surface area contributed by atoms with Crippen LogP contribution in [0.15, 0.2) is 35.3 Å². The van der Waals surface area contributed by atoms with Crippen LogP contribution in [0.4, 0.5) is 0 Å². The monoisotopic (exact) mass is 316 g/mol. The topological polar surface area (TPSA) is 24.3 Å². The molecule has 2 aliphatic rings. The largest absolute Gasteiger partial charge is 0.299 e. The molecule has 0 radical (unpaired) electrons. The summed E-state index contributed by atoms with van der Waals surface area (Å²) < 4.78 is 2.08. The second-order valence-electron chi connectivity index (χ2n) is 6.77. The molecular formula is C17H24N4S. The van der Waals surface area contributed by atoms with Crippen molar-refractivity contribution in [2.75, 3.05) is 20.1 Å². The summed E-state index contributed by atoms with van der Waals surface area (Å²) in [5.74, 6) is 0.818. The lowest BCUT2D eigenvalue weighted by molar-refractivity contribution is 0.110. The first-order chi connectivity index (χ1) is 10.8. The summed E-state index contributed by atoms with van der Waals surface area (Å²) in [4.78, 5) is 5.27. The highest BCUT2D eigenvalue weighted by Gasteiger charge is 2.41. The van der Waals surface area contributed by atoms with E-state index in [0.29, 0.717) is 6.04 Å². The van der Waals surface area contributed by atoms with Crippen LogP contribution in [0.3, 0.4) is 0 Å². The molecule has 22 heavy (non-hydrogen) atoms. The van der Waals surface area contributed by atoms with Gasteiger partial charge in [-0.1, -0.05) is 0 Å². The van der Waals surface area contributed by atoms with Crippen molar-refractivity contribution >= 4 is 11.3 Å². The van der Waals surface area contributed by atoms with Crippen molar-refractivity contribution in [1.82, 2.24) is 19.6 Å². The quantitative estimate of drug-likeness (QED) is 0.866. The molecule has 0 aromatic carbocycles. The molecule has 2 fully saturated rings. The Kier molecular flexibility index (Phi) is 4.03. The van der Waals surface area contributed by atoms with Gasteiger partial charge in [0.25, 0.3) is 0 Å². The minimum Gasteiger partial charge on any atom is -0.299 e. The van der Waals surface area contributed by atoms with Crippen molar-refractivity contribution in [2.24, 2.45) is 5.92 Å². The summed E-state index contributed by atoms with van der Waals surface area (Å²) in [6, 6.07) is 5.68. The van der Waals surface area contributed by atoms with Crippen molar-refractivity contribution in [3.8, 4) is 0 Å². The van der Waals surface area contributed by atoms with Gasteiger partial charge in [0.15, 0.2) is 0 Å². The molecule has 2 saturated heterocycles. The average Bonchev–Trinajstić information content (AvgIpc) is 3.24. The van der Waals surface area contributed by atoms with Gasteiger partial charge in [-0.25, -0.2) is 0 Å². The molecule has 0 bridgehead atoms. The van der Waals surface area contributed by atoms with Gasteiger partial charge in [0.1, 0.15) is 0 Å². The average molecular weight is 316 g/mol. The van der Waals surface area contributed by atoms with Crippen molar-refractivity contribution < 1.29 is 0 Å². The Morgan fingerprint density at radius 2 is 2.36 bits per heavy atom. The van der Waals surface area contributed by atoms with E-state index in [0.717, 1.165) is 25.0 Å². The molecule has 0 spiro atoms. The third kappa shape index (κ3) is 2.85. The number of hydrogen-bond donors (Lipinski definition) is 0. The van der Waals surface area contributed by atoms with Gasteiger partial charge in [-0.2, -0.15) is 16.4 Å². The molecule has 4 heterocycles. The fourth-order valence-electron chi connectivity index (χ4n) is 4.26. The van der Waals surface area contributed by atoms with Crippen LogP contribution in [0.2, 0.25) is 0 Å². The van der Waals surface area contributed by atoms with Crippen LogP contribution < -0.4 is 0 Å². The fourth-order valence-corrected chi connectivity index (χ4v) is 4.92. The number of aromatic nitrogens is 2. The van der Waals surface area contributed by atoms with E-state index in [4.69, 9.17) is 0 Å². The number of thiophene rings is 1. The van der Waals surface area contributed by atoms with Crippen LogP contribution in [0.25, 0.3) is 0 Å². The molecular weight excluding hydrogens is 292 g/mol. The highest BCUT2D eigenvalue weighted by atomic mass is 32.1. The summed E-state index contributed by atoms with van der Waals surface area (Å²) in [5.41, 5.74) is 1.47. The summed E-state index contributed by atoms with van der Waals surface area (Å²) in [5, 5.41) is 8.85. The van der Waals surface area contributed by atoms with Crippen LogP contribution in [0.1, 0.15) is 18.4 Å². The second kappa shape index (κ2) is 6.14. The van der Waals surface area contributed by atoms with Gasteiger partial charge in [0.05, 0.1) is 6.54 Å². The normalized spacial score (nSPS) is 29.8. The number of rotatable bonds is 4. The van der Waals surface area contributed by atoms with E-state index in [1.54, 1.807) is 11.3 Å². The number of likely N-dealkylation sites (tertiary alicyclic amines) is 2. The lowest BCUT2D eigenvalue weighted by Gasteiger charge is -2.37. The molecule has 118 valence electrons. The molecule has 5 heteroatoms. The van der Waals surface area contributed by atoms with Gasteiger partial charge in [-0.15, -0.1) is 0 Å². The first-order valence-corrected chi connectivity index (χ1v) is 9.16. The van der Waals surface area contributed by atoms with Gasteiger partial charge in [-0.3, -0.25) is 14.5 Å². The zero-order valence-electron chi connectivity index (χ0n) is 13.1. The standard InChI is InChI=1S/C17H24N4S/c1-19-16(12-21-6-2-5-18-21)9-15-11-20(7-3-17(15)19)10-14-4-8-22-13-14/h2,4-6,8,13,15-17H,3,7,9-12H2,1H3/t15-,16?,17+/m1/s1. The Hall–Kier alpha value is -1.17. The van der Waals surface area contributed by atoms with Gasteiger partial charge >= 0.3 is 0 Å². The van der Waals surface area contributed by atoms with Gasteiger partial charge in [0.2, 0.25) is 0 Å². The van der Waals surface area contributed by atoms with Crippen LogP contribution in [0.5, 0.6) is 0 Å². The lowest BCUT2D eigenvalue weighted by Crippen LogP contribution is -2.45. The molecule has 4 nitrogen and oxygen atoms in total. The fraction of sp³-hybridized carbons (Fsp3) is 0.588. The minimum absolute atomic E-state index is 0.635. The van der Waals surface area contributed by atoms with E-state index in [9.17, 15) is 0 Å². The third-order valence-electron chi connectivity index (χ3n) is 5.40. The molecule has 2 aromatic heterocycles. The van der Waals surface area contributed by atoms with Gasteiger partial charge in [0, 0.05) is 37.6 Å². The summed E-state index contributed by atoms with van der Waals surface area (Å²) in [6.45, 7) is 4.64. The first kappa shape index (κ1) is 14.4. The van der Waals surface area contributed by atoms with Crippen LogP contribution in [-0.2, 0) is 13.1 Å². The molecule has 2 aromatic rings. The van der Waals surface area contributed by atoms with E-state index in [2.05, 4.69) is 49.7 Å². The molecule has 0 aliphatic carbocycles. The summed E-state index contributed by atoms with van der Waals surface area (Å²) in [6.07, 6.45) is 6.57. The molecule has 3 atom stereocenters. The van der Waals surface area contributed by atoms with E-state index < -0.39 is 0 Å². The molecule has 1 unspecified atom stereocenters. The van der Waals surface area contributed by atoms with E-state index >= 15 is 0 Å². The SMILES string of the molecule is CN1C(Cn2cccn2)C[C@@H]2CN(Cc3ccsc3)CC[C@@H]21. The number of piperidine rings is 1. The second-order valence-corrected chi connectivity index (χ2v) is 7.55. The summed E-state index contributed by atoms with van der Waals surface area (Å²) >= 11 is 1.81. The molecule has 0 amide bonds. The Morgan fingerprint density at radius 3 is 3.14 bits per heavy atom. The van der Waals surface area contributed by atoms with E-state index in [1.165, 1.54) is 31.5 Å². The zero-order chi connectivity index (χ0) is 14.9. The van der Waals surface area contributed by atoms with Crippen LogP contribution >= 0.6 is 11.3 Å². The molecule has 2 aliphatic heterocycles. The van der Waals surface area contributed by atoms with Crippen molar-refractivity contribution in [3.63, 3.8) is 0 Å². The van der Waals surface area contributed by atoms with Crippen molar-refractivity contribution in [3.05, 3.63) is 40.8 Å². The first-order valence-electron chi connectivity index (χ1n) is 8.22. The number of nitrogens with zero attached hydrogens (tertiary/aromatic N) is 4. The molecule has 0 N–H and O–H groups in total. The number of hydrogen-bond acceptors (Lipinski definition) is 4. The Bertz CT molecular complexity index is 578. The molecule has 4 rings (SSSR count). The van der Waals surface area contributed by atoms with Crippen molar-refractivity contribution in [1.29, 1.82) is 0 Å². The minimum atomic E-state index is 0.635. The number of fused-ring (bicyclic) bond motifs is 1. The van der Waals surface area contributed by atoms with Gasteiger partial charge in [-0.05, 0) is 60.8 Å². The highest BCUT2D eigenvalue weighted by molar-refractivity contribution is 7.07. The maximum Gasteiger partial charge on any atom is 0.0565 e. The highest BCUT2D eigenvalue weighted by Crippen LogP contribution is 2.35. The molecule has 0 saturated carbocycles. The van der Waals surface area contributed by atoms with Crippen molar-refractivity contribution in [2.45, 2.75) is 38.0 Å². The maximum atomic E-state index is 4.38. The predicted molar refractivity (Wildman–Crippen MR) is 89.9 cm³/mol. The summed E-state index contributed by atoms with van der Waals surface area (Å²) in [7, 11) is 2.31. The zero-order valence-corrected chi connectivity index (χ0v) is 14.0. The Labute approximate surface area is 136 Å². The van der Waals surface area contributed by atoms with E-state index in [1.807, 2.05) is 12.3 Å². The lowest BCUT2D eigenvalue weighted by atomic mass is 9.92.